The molecule has 9 heteroatoms. The molecule has 2 N–H and O–H groups in total. The monoisotopic (exact) mass is 487 g/mol. The number of amides is 2. The summed E-state index contributed by atoms with van der Waals surface area (Å²) in [7, 11) is 0. The van der Waals surface area contributed by atoms with Crippen molar-refractivity contribution >= 4 is 51.5 Å². The number of aromatic amines is 1. The van der Waals surface area contributed by atoms with E-state index in [0.29, 0.717) is 5.75 Å². The number of halogens is 2. The van der Waals surface area contributed by atoms with Gasteiger partial charge in [0.25, 0.3) is 0 Å². The number of fused-ring (bicyclic) bond motifs is 1. The summed E-state index contributed by atoms with van der Waals surface area (Å²) in [6, 6.07) is 19.9. The van der Waals surface area contributed by atoms with E-state index in [0.717, 1.165) is 27.0 Å². The summed E-state index contributed by atoms with van der Waals surface area (Å²) >= 11 is 12.9. The van der Waals surface area contributed by atoms with E-state index in [1.165, 1.54) is 12.1 Å². The number of carbonyl (C=O) groups is 1. The minimum absolute atomic E-state index is 0.0267. The van der Waals surface area contributed by atoms with Crippen molar-refractivity contribution in [3.05, 3.63) is 89.2 Å². The largest absolute Gasteiger partial charge is 0.454 e. The maximum Gasteiger partial charge on any atom is 0.347 e. The van der Waals surface area contributed by atoms with Gasteiger partial charge in [0.05, 0.1) is 21.4 Å². The molecule has 0 fully saturated rings. The standard InChI is InChI=1S/C25H15Cl2N5O2/c1-14-23(12-28)31-32(25(33)30-14)16-9-20(26)24(21(27)10-16)34-17-7-8-22-18(11-17)19(13-29-22)15-5-3-2-4-6-15/h2-11,13,29H,1H2,(H,30,33). The van der Waals surface area contributed by atoms with Crippen LogP contribution in [0.25, 0.3) is 22.0 Å². The lowest BCUT2D eigenvalue weighted by molar-refractivity contribution is 0.248. The number of anilines is 1. The third-order valence-corrected chi connectivity index (χ3v) is 5.79. The van der Waals surface area contributed by atoms with Crippen molar-refractivity contribution < 1.29 is 9.53 Å². The van der Waals surface area contributed by atoms with E-state index in [1.54, 1.807) is 6.07 Å². The summed E-state index contributed by atoms with van der Waals surface area (Å²) < 4.78 is 6.04. The molecule has 166 valence electrons. The summed E-state index contributed by atoms with van der Waals surface area (Å²) in [5.41, 5.74) is 3.44. The van der Waals surface area contributed by atoms with Crippen molar-refractivity contribution in [3.63, 3.8) is 0 Å². The molecule has 0 radical (unpaired) electrons. The normalized spacial score (nSPS) is 13.4. The number of hydrogen-bond donors (Lipinski definition) is 2. The van der Waals surface area contributed by atoms with Gasteiger partial charge in [0.1, 0.15) is 11.8 Å². The highest BCUT2D eigenvalue weighted by Gasteiger charge is 2.26. The Balaban J connectivity index is 1.49. The number of ether oxygens (including phenoxy) is 1. The number of hydrogen-bond acceptors (Lipinski definition) is 4. The summed E-state index contributed by atoms with van der Waals surface area (Å²) in [6.45, 7) is 3.60. The van der Waals surface area contributed by atoms with E-state index in [9.17, 15) is 10.1 Å². The van der Waals surface area contributed by atoms with Crippen molar-refractivity contribution in [2.24, 2.45) is 5.10 Å². The molecule has 4 aromatic rings. The third-order valence-electron chi connectivity index (χ3n) is 5.23. The Morgan fingerprint density at radius 1 is 1.06 bits per heavy atom. The number of urea groups is 1. The molecule has 0 atom stereocenters. The second-order valence-corrected chi connectivity index (χ2v) is 8.21. The summed E-state index contributed by atoms with van der Waals surface area (Å²) in [4.78, 5) is 15.6. The van der Waals surface area contributed by atoms with Gasteiger partial charge >= 0.3 is 6.03 Å². The van der Waals surface area contributed by atoms with Gasteiger partial charge in [0, 0.05) is 22.7 Å². The van der Waals surface area contributed by atoms with E-state index in [1.807, 2.05) is 54.7 Å². The lowest BCUT2D eigenvalue weighted by atomic mass is 10.0. The van der Waals surface area contributed by atoms with Gasteiger partial charge in [0.15, 0.2) is 11.5 Å². The van der Waals surface area contributed by atoms with Gasteiger partial charge < -0.3 is 15.0 Å². The molecule has 0 bridgehead atoms. The quantitative estimate of drug-likeness (QED) is 0.329. The molecular weight excluding hydrogens is 473 g/mol. The highest BCUT2D eigenvalue weighted by molar-refractivity contribution is 6.37. The fourth-order valence-corrected chi connectivity index (χ4v) is 4.17. The molecule has 1 aromatic heterocycles. The first-order chi connectivity index (χ1) is 16.4. The van der Waals surface area contributed by atoms with Crippen molar-refractivity contribution in [2.45, 2.75) is 0 Å². The first-order valence-corrected chi connectivity index (χ1v) is 10.8. The Bertz CT molecular complexity index is 1510. The molecule has 0 saturated carbocycles. The van der Waals surface area contributed by atoms with Gasteiger partial charge in [-0.15, -0.1) is 0 Å². The van der Waals surface area contributed by atoms with Crippen LogP contribution in [0.4, 0.5) is 10.5 Å². The number of rotatable bonds is 4. The maximum atomic E-state index is 12.3. The van der Waals surface area contributed by atoms with Crippen molar-refractivity contribution in [3.8, 4) is 28.7 Å². The summed E-state index contributed by atoms with van der Waals surface area (Å²) in [6.07, 6.45) is 1.95. The predicted molar refractivity (Wildman–Crippen MR) is 133 cm³/mol. The molecule has 0 spiro atoms. The second kappa shape index (κ2) is 8.60. The number of hydrazone groups is 1. The molecule has 2 amide bonds. The average molecular weight is 488 g/mol. The minimum Gasteiger partial charge on any atom is -0.454 e. The lowest BCUT2D eigenvalue weighted by Crippen LogP contribution is -2.42. The Labute approximate surface area is 204 Å². The van der Waals surface area contributed by atoms with Gasteiger partial charge in [-0.2, -0.15) is 15.4 Å². The average Bonchev–Trinajstić information content (AvgIpc) is 3.25. The van der Waals surface area contributed by atoms with Gasteiger partial charge in [0.2, 0.25) is 0 Å². The zero-order valence-corrected chi connectivity index (χ0v) is 19.0. The number of nitrogens with one attached hydrogen (secondary N) is 2. The van der Waals surface area contributed by atoms with E-state index in [-0.39, 0.29) is 32.9 Å². The van der Waals surface area contributed by atoms with Gasteiger partial charge in [-0.3, -0.25) is 0 Å². The molecule has 0 saturated heterocycles. The van der Waals surface area contributed by atoms with E-state index in [4.69, 9.17) is 27.9 Å². The Kier molecular flexibility index (Phi) is 5.46. The molecule has 5 rings (SSSR count). The topological polar surface area (TPSA) is 93.5 Å². The number of H-pyrrole nitrogens is 1. The number of nitriles is 1. The van der Waals surface area contributed by atoms with Crippen LogP contribution in [0.3, 0.4) is 0 Å². The van der Waals surface area contributed by atoms with Crippen LogP contribution in [0.2, 0.25) is 10.0 Å². The number of aromatic nitrogens is 1. The Morgan fingerprint density at radius 3 is 2.50 bits per heavy atom. The van der Waals surface area contributed by atoms with Crippen molar-refractivity contribution in [1.82, 2.24) is 10.3 Å². The fourth-order valence-electron chi connectivity index (χ4n) is 3.62. The van der Waals surface area contributed by atoms with Crippen LogP contribution in [-0.4, -0.2) is 16.7 Å². The minimum atomic E-state index is -0.587. The molecule has 7 nitrogen and oxygen atoms in total. The Morgan fingerprint density at radius 2 is 1.79 bits per heavy atom. The van der Waals surface area contributed by atoms with Crippen LogP contribution in [0, 0.1) is 11.3 Å². The van der Waals surface area contributed by atoms with E-state index < -0.39 is 6.03 Å². The lowest BCUT2D eigenvalue weighted by Gasteiger charge is -2.24. The van der Waals surface area contributed by atoms with E-state index >= 15 is 0 Å². The zero-order chi connectivity index (χ0) is 23.8. The molecular formula is C25H15Cl2N5O2. The second-order valence-electron chi connectivity index (χ2n) is 7.40. The molecule has 3 aromatic carbocycles. The molecule has 2 heterocycles. The number of carbonyl (C=O) groups excluding carboxylic acids is 1. The first kappa shape index (κ1) is 21.6. The first-order valence-electron chi connectivity index (χ1n) is 10.1. The van der Waals surface area contributed by atoms with E-state index in [2.05, 4.69) is 22.0 Å². The van der Waals surface area contributed by atoms with Gasteiger partial charge in [-0.05, 0) is 35.9 Å². The smallest absolute Gasteiger partial charge is 0.347 e. The predicted octanol–water partition coefficient (Wildman–Crippen LogP) is 6.86. The van der Waals surface area contributed by atoms with Gasteiger partial charge in [-0.1, -0.05) is 60.1 Å². The van der Waals surface area contributed by atoms with Crippen LogP contribution in [-0.2, 0) is 0 Å². The summed E-state index contributed by atoms with van der Waals surface area (Å²) in [5, 5.41) is 18.0. The van der Waals surface area contributed by atoms with Crippen LogP contribution < -0.4 is 15.1 Å². The molecule has 1 aliphatic rings. The maximum absolute atomic E-state index is 12.3. The van der Waals surface area contributed by atoms with Crippen LogP contribution >= 0.6 is 23.2 Å². The van der Waals surface area contributed by atoms with Crippen LogP contribution in [0.5, 0.6) is 11.5 Å². The Hall–Kier alpha value is -4.25. The molecule has 0 aliphatic carbocycles. The number of benzene rings is 3. The highest BCUT2D eigenvalue weighted by Crippen LogP contribution is 2.41. The molecule has 0 unspecified atom stereocenters. The number of allylic oxidation sites excluding steroid dienone is 1. The van der Waals surface area contributed by atoms with Crippen molar-refractivity contribution in [1.29, 1.82) is 5.26 Å². The number of nitrogens with zero attached hydrogens (tertiary/aromatic N) is 3. The van der Waals surface area contributed by atoms with Crippen molar-refractivity contribution in [2.75, 3.05) is 5.01 Å². The molecule has 34 heavy (non-hydrogen) atoms. The fraction of sp³-hybridized carbons (Fsp3) is 0. The van der Waals surface area contributed by atoms with Crippen LogP contribution in [0.1, 0.15) is 0 Å². The SMILES string of the molecule is C=C1NC(=O)N(c2cc(Cl)c(Oc3ccc4[nH]cc(-c5ccccc5)c4c3)c(Cl)c2)N=C1C#N. The third kappa shape index (κ3) is 3.86. The zero-order valence-electron chi connectivity index (χ0n) is 17.5. The highest BCUT2D eigenvalue weighted by atomic mass is 35.5. The van der Waals surface area contributed by atoms with Gasteiger partial charge in [-0.25, -0.2) is 4.79 Å². The van der Waals surface area contributed by atoms with Crippen LogP contribution in [0.15, 0.2) is 84.2 Å². The molecule has 1 aliphatic heterocycles. The summed E-state index contributed by atoms with van der Waals surface area (Å²) in [5.74, 6) is 0.771.